The van der Waals surface area contributed by atoms with Crippen LogP contribution in [-0.2, 0) is 13.0 Å². The molecule has 2 aromatic rings. The van der Waals surface area contributed by atoms with E-state index >= 15 is 0 Å². The Morgan fingerprint density at radius 1 is 1.24 bits per heavy atom. The maximum absolute atomic E-state index is 11.6. The van der Waals surface area contributed by atoms with Gasteiger partial charge in [-0.1, -0.05) is 0 Å². The fourth-order valence-corrected chi connectivity index (χ4v) is 1.87. The first-order chi connectivity index (χ1) is 10.2. The van der Waals surface area contributed by atoms with Gasteiger partial charge in [-0.3, -0.25) is 4.79 Å². The molecule has 6 nitrogen and oxygen atoms in total. The molecule has 2 rings (SSSR count). The van der Waals surface area contributed by atoms with Crippen LogP contribution in [0.15, 0.2) is 35.1 Å². The normalized spacial score (nSPS) is 10.4. The summed E-state index contributed by atoms with van der Waals surface area (Å²) >= 11 is 0. The third-order valence-electron chi connectivity index (χ3n) is 2.92. The minimum atomic E-state index is -0.176. The zero-order valence-corrected chi connectivity index (χ0v) is 12.0. The number of aromatic nitrogens is 2. The Bertz CT molecular complexity index is 623. The molecule has 0 aliphatic heterocycles. The van der Waals surface area contributed by atoms with Crippen molar-refractivity contribution in [3.8, 4) is 11.5 Å². The van der Waals surface area contributed by atoms with Gasteiger partial charge < -0.3 is 20.2 Å². The van der Waals surface area contributed by atoms with E-state index in [0.717, 1.165) is 17.9 Å². The van der Waals surface area contributed by atoms with Crippen LogP contribution in [0, 0.1) is 0 Å². The van der Waals surface area contributed by atoms with Crippen molar-refractivity contribution in [1.82, 2.24) is 9.97 Å². The number of methoxy groups -OCH3 is 1. The van der Waals surface area contributed by atoms with Gasteiger partial charge in [-0.25, -0.2) is 4.98 Å². The number of nitrogens with one attached hydrogen (secondary N) is 1. The molecule has 6 heteroatoms. The summed E-state index contributed by atoms with van der Waals surface area (Å²) < 4.78 is 10.7. The van der Waals surface area contributed by atoms with Gasteiger partial charge >= 0.3 is 0 Å². The van der Waals surface area contributed by atoms with E-state index < -0.39 is 0 Å². The van der Waals surface area contributed by atoms with Crippen molar-refractivity contribution in [1.29, 1.82) is 0 Å². The molecule has 0 aliphatic rings. The monoisotopic (exact) mass is 289 g/mol. The smallest absolute Gasteiger partial charge is 0.251 e. The van der Waals surface area contributed by atoms with Crippen molar-refractivity contribution >= 4 is 0 Å². The maximum Gasteiger partial charge on any atom is 0.251 e. The summed E-state index contributed by atoms with van der Waals surface area (Å²) in [7, 11) is 1.61. The van der Waals surface area contributed by atoms with E-state index in [1.807, 2.05) is 12.1 Å². The number of nitrogens with zero attached hydrogens (tertiary/aromatic N) is 1. The van der Waals surface area contributed by atoms with E-state index in [1.165, 1.54) is 6.07 Å². The fourth-order valence-electron chi connectivity index (χ4n) is 1.87. The summed E-state index contributed by atoms with van der Waals surface area (Å²) in [6.07, 6.45) is 1.49. The summed E-state index contributed by atoms with van der Waals surface area (Å²) in [5.74, 6) is 1.95. The first kappa shape index (κ1) is 15.1. The molecule has 0 saturated carbocycles. The number of rotatable bonds is 7. The molecule has 1 heterocycles. The van der Waals surface area contributed by atoms with Gasteiger partial charge in [-0.15, -0.1) is 0 Å². The summed E-state index contributed by atoms with van der Waals surface area (Å²) in [5.41, 5.74) is 6.02. The molecule has 3 N–H and O–H groups in total. The van der Waals surface area contributed by atoms with Crippen LogP contribution in [-0.4, -0.2) is 23.6 Å². The molecule has 0 fully saturated rings. The highest BCUT2D eigenvalue weighted by atomic mass is 16.5. The molecule has 0 radical (unpaired) electrons. The van der Waals surface area contributed by atoms with Crippen LogP contribution in [0.2, 0.25) is 0 Å². The van der Waals surface area contributed by atoms with Gasteiger partial charge in [0.25, 0.3) is 5.56 Å². The zero-order chi connectivity index (χ0) is 15.1. The van der Waals surface area contributed by atoms with Crippen LogP contribution in [0.4, 0.5) is 0 Å². The van der Waals surface area contributed by atoms with Gasteiger partial charge in [0.2, 0.25) is 0 Å². The summed E-state index contributed by atoms with van der Waals surface area (Å²) in [6, 6.07) is 8.71. The van der Waals surface area contributed by atoms with Gasteiger partial charge in [-0.2, -0.15) is 0 Å². The third-order valence-corrected chi connectivity index (χ3v) is 2.92. The van der Waals surface area contributed by atoms with Crippen molar-refractivity contribution in [2.45, 2.75) is 19.4 Å². The number of H-pyrrole nitrogens is 1. The average molecular weight is 289 g/mol. The lowest BCUT2D eigenvalue weighted by Gasteiger charge is -2.07. The van der Waals surface area contributed by atoms with Crippen LogP contribution in [0.1, 0.15) is 17.9 Å². The molecule has 0 atom stereocenters. The Hall–Kier alpha value is -2.34. The molecule has 1 aromatic heterocycles. The van der Waals surface area contributed by atoms with Crippen molar-refractivity contribution in [2.24, 2.45) is 5.73 Å². The van der Waals surface area contributed by atoms with Crippen LogP contribution in [0.25, 0.3) is 0 Å². The molecule has 0 aliphatic carbocycles. The molecule has 21 heavy (non-hydrogen) atoms. The lowest BCUT2D eigenvalue weighted by atomic mass is 10.2. The zero-order valence-electron chi connectivity index (χ0n) is 12.0. The molecule has 0 unspecified atom stereocenters. The van der Waals surface area contributed by atoms with Crippen LogP contribution >= 0.6 is 0 Å². The lowest BCUT2D eigenvalue weighted by Crippen LogP contribution is -2.15. The lowest BCUT2D eigenvalue weighted by molar-refractivity contribution is 0.294. The Labute approximate surface area is 122 Å². The summed E-state index contributed by atoms with van der Waals surface area (Å²) in [5, 5.41) is 0. The standard InChI is InChI=1S/C15H19N3O3/c1-20-12-4-6-13(7-5-12)21-10-14-17-11(3-2-8-16)9-15(19)18-14/h4-7,9H,2-3,8,10,16H2,1H3,(H,17,18,19). The Morgan fingerprint density at radius 3 is 2.62 bits per heavy atom. The van der Waals surface area contributed by atoms with E-state index in [-0.39, 0.29) is 12.2 Å². The van der Waals surface area contributed by atoms with Gasteiger partial charge in [-0.05, 0) is 43.7 Å². The van der Waals surface area contributed by atoms with Crippen LogP contribution in [0.5, 0.6) is 11.5 Å². The SMILES string of the molecule is COc1ccc(OCc2nc(CCCN)cc(=O)[nH]2)cc1. The van der Waals surface area contributed by atoms with Gasteiger partial charge in [0, 0.05) is 11.8 Å². The number of aryl methyl sites for hydroxylation is 1. The highest BCUT2D eigenvalue weighted by Gasteiger charge is 2.03. The van der Waals surface area contributed by atoms with E-state index in [2.05, 4.69) is 9.97 Å². The molecular formula is C15H19N3O3. The summed E-state index contributed by atoms with van der Waals surface area (Å²) in [6.45, 7) is 0.782. The van der Waals surface area contributed by atoms with Gasteiger partial charge in [0.15, 0.2) is 0 Å². The molecule has 0 bridgehead atoms. The van der Waals surface area contributed by atoms with Crippen LogP contribution in [0.3, 0.4) is 0 Å². The fraction of sp³-hybridized carbons (Fsp3) is 0.333. The summed E-state index contributed by atoms with van der Waals surface area (Å²) in [4.78, 5) is 18.6. The predicted molar refractivity (Wildman–Crippen MR) is 79.6 cm³/mol. The quantitative estimate of drug-likeness (QED) is 0.800. The Morgan fingerprint density at radius 2 is 1.95 bits per heavy atom. The highest BCUT2D eigenvalue weighted by molar-refractivity contribution is 5.31. The van der Waals surface area contributed by atoms with Crippen molar-refractivity contribution in [2.75, 3.05) is 13.7 Å². The first-order valence-corrected chi connectivity index (χ1v) is 6.77. The second kappa shape index (κ2) is 7.44. The minimum absolute atomic E-state index is 0.176. The number of benzene rings is 1. The largest absolute Gasteiger partial charge is 0.497 e. The van der Waals surface area contributed by atoms with Crippen LogP contribution < -0.4 is 20.8 Å². The molecule has 0 amide bonds. The second-order valence-corrected chi connectivity index (χ2v) is 4.54. The van der Waals surface area contributed by atoms with Gasteiger partial charge in [0.05, 0.1) is 7.11 Å². The molecular weight excluding hydrogens is 270 g/mol. The molecule has 112 valence electrons. The Balaban J connectivity index is 2.01. The van der Waals surface area contributed by atoms with Gasteiger partial charge in [0.1, 0.15) is 23.9 Å². The number of aromatic amines is 1. The van der Waals surface area contributed by atoms with E-state index in [4.69, 9.17) is 15.2 Å². The van der Waals surface area contributed by atoms with E-state index in [0.29, 0.717) is 24.5 Å². The molecule has 1 aromatic carbocycles. The van der Waals surface area contributed by atoms with E-state index in [9.17, 15) is 4.79 Å². The number of ether oxygens (including phenoxy) is 2. The number of hydrogen-bond donors (Lipinski definition) is 2. The topological polar surface area (TPSA) is 90.2 Å². The predicted octanol–water partition coefficient (Wildman–Crippen LogP) is 1.25. The average Bonchev–Trinajstić information content (AvgIpc) is 2.51. The number of hydrogen-bond acceptors (Lipinski definition) is 5. The van der Waals surface area contributed by atoms with Crippen molar-refractivity contribution < 1.29 is 9.47 Å². The van der Waals surface area contributed by atoms with Crippen molar-refractivity contribution in [3.05, 3.63) is 52.2 Å². The highest BCUT2D eigenvalue weighted by Crippen LogP contribution is 2.17. The third kappa shape index (κ3) is 4.61. The first-order valence-electron chi connectivity index (χ1n) is 6.77. The second-order valence-electron chi connectivity index (χ2n) is 4.54. The Kier molecular flexibility index (Phi) is 5.34. The molecule has 0 spiro atoms. The minimum Gasteiger partial charge on any atom is -0.497 e. The van der Waals surface area contributed by atoms with Crippen molar-refractivity contribution in [3.63, 3.8) is 0 Å². The maximum atomic E-state index is 11.6. The van der Waals surface area contributed by atoms with E-state index in [1.54, 1.807) is 19.2 Å². The number of nitrogens with two attached hydrogens (primary N) is 1. The molecule has 0 saturated heterocycles.